The van der Waals surface area contributed by atoms with E-state index in [9.17, 15) is 0 Å². The molecule has 1 rings (SSSR count). The van der Waals surface area contributed by atoms with Crippen molar-refractivity contribution in [1.82, 2.24) is 15.3 Å². The first kappa shape index (κ1) is 15.9. The summed E-state index contributed by atoms with van der Waals surface area (Å²) in [5, 5.41) is 12.4. The quantitative estimate of drug-likeness (QED) is 0.784. The van der Waals surface area contributed by atoms with E-state index in [2.05, 4.69) is 43.0 Å². The lowest BCUT2D eigenvalue weighted by Crippen LogP contribution is -2.35. The van der Waals surface area contributed by atoms with E-state index in [0.29, 0.717) is 12.5 Å². The monoisotopic (exact) mass is 266 g/mol. The van der Waals surface area contributed by atoms with Gasteiger partial charge in [0.15, 0.2) is 0 Å². The first-order valence-corrected chi connectivity index (χ1v) is 6.88. The fourth-order valence-electron chi connectivity index (χ4n) is 1.67. The van der Waals surface area contributed by atoms with Gasteiger partial charge in [-0.05, 0) is 27.2 Å². The average Bonchev–Trinajstić information content (AvgIpc) is 2.36. The number of nitrogens with one attached hydrogen (secondary N) is 1. The molecule has 0 aromatic carbocycles. The van der Waals surface area contributed by atoms with Crippen LogP contribution in [0.3, 0.4) is 0 Å². The van der Waals surface area contributed by atoms with Crippen molar-refractivity contribution in [2.45, 2.75) is 46.2 Å². The zero-order chi connectivity index (χ0) is 14.3. The highest BCUT2D eigenvalue weighted by molar-refractivity contribution is 5.29. The van der Waals surface area contributed by atoms with E-state index in [1.807, 2.05) is 17.3 Å². The summed E-state index contributed by atoms with van der Waals surface area (Å²) in [6.45, 7) is 10.8. The minimum Gasteiger partial charge on any atom is -0.395 e. The molecule has 0 fully saturated rings. The smallest absolute Gasteiger partial charge is 0.225 e. The van der Waals surface area contributed by atoms with E-state index in [1.165, 1.54) is 0 Å². The average molecular weight is 266 g/mol. The summed E-state index contributed by atoms with van der Waals surface area (Å²) in [4.78, 5) is 10.8. The molecule has 0 radical (unpaired) electrons. The Morgan fingerprint density at radius 1 is 1.21 bits per heavy atom. The number of aliphatic hydroxyl groups excluding tert-OH is 1. The van der Waals surface area contributed by atoms with Crippen molar-refractivity contribution in [2.24, 2.45) is 0 Å². The molecule has 19 heavy (non-hydrogen) atoms. The molecule has 5 heteroatoms. The van der Waals surface area contributed by atoms with Crippen molar-refractivity contribution in [3.05, 3.63) is 18.0 Å². The summed E-state index contributed by atoms with van der Waals surface area (Å²) in [5.74, 6) is 0.690. The standard InChI is InChI=1S/C14H26N4O/c1-5-6-18(7-8-19)13-15-9-12(10-16-13)11-17-14(2,3)4/h9-10,17,19H,5-8,11H2,1-4H3. The number of aromatic nitrogens is 2. The molecule has 0 amide bonds. The summed E-state index contributed by atoms with van der Waals surface area (Å²) < 4.78 is 0. The first-order valence-electron chi connectivity index (χ1n) is 6.88. The van der Waals surface area contributed by atoms with Gasteiger partial charge in [-0.25, -0.2) is 9.97 Å². The van der Waals surface area contributed by atoms with Gasteiger partial charge in [0, 0.05) is 43.1 Å². The molecule has 0 aliphatic heterocycles. The molecule has 108 valence electrons. The van der Waals surface area contributed by atoms with Gasteiger partial charge >= 0.3 is 0 Å². The predicted molar refractivity (Wildman–Crippen MR) is 78.2 cm³/mol. The third kappa shape index (κ3) is 5.98. The highest BCUT2D eigenvalue weighted by Crippen LogP contribution is 2.08. The topological polar surface area (TPSA) is 61.3 Å². The minimum atomic E-state index is 0.0871. The second kappa shape index (κ2) is 7.40. The van der Waals surface area contributed by atoms with Gasteiger partial charge in [0.25, 0.3) is 0 Å². The molecule has 1 heterocycles. The molecule has 2 N–H and O–H groups in total. The molecule has 1 aromatic rings. The van der Waals surface area contributed by atoms with Crippen LogP contribution in [0.15, 0.2) is 12.4 Å². The Labute approximate surface area is 116 Å². The van der Waals surface area contributed by atoms with Crippen LogP contribution in [0.25, 0.3) is 0 Å². The lowest BCUT2D eigenvalue weighted by atomic mass is 10.1. The second-order valence-corrected chi connectivity index (χ2v) is 5.71. The van der Waals surface area contributed by atoms with Crippen molar-refractivity contribution in [3.63, 3.8) is 0 Å². The Morgan fingerprint density at radius 2 is 1.84 bits per heavy atom. The Kier molecular flexibility index (Phi) is 6.18. The summed E-state index contributed by atoms with van der Waals surface area (Å²) in [5.41, 5.74) is 1.16. The van der Waals surface area contributed by atoms with Gasteiger partial charge in [-0.1, -0.05) is 6.92 Å². The predicted octanol–water partition coefficient (Wildman–Crippen LogP) is 1.57. The first-order chi connectivity index (χ1) is 8.96. The Morgan fingerprint density at radius 3 is 2.32 bits per heavy atom. The largest absolute Gasteiger partial charge is 0.395 e. The van der Waals surface area contributed by atoms with Gasteiger partial charge in [-0.3, -0.25) is 0 Å². The maximum Gasteiger partial charge on any atom is 0.225 e. The summed E-state index contributed by atoms with van der Waals surface area (Å²) in [6, 6.07) is 0. The maximum absolute atomic E-state index is 9.05. The lowest BCUT2D eigenvalue weighted by molar-refractivity contribution is 0.301. The van der Waals surface area contributed by atoms with E-state index in [4.69, 9.17) is 5.11 Å². The van der Waals surface area contributed by atoms with E-state index in [0.717, 1.165) is 25.1 Å². The van der Waals surface area contributed by atoms with Gasteiger partial charge in [-0.15, -0.1) is 0 Å². The Balaban J connectivity index is 2.63. The van der Waals surface area contributed by atoms with Gasteiger partial charge in [0.05, 0.1) is 6.61 Å². The van der Waals surface area contributed by atoms with Crippen molar-refractivity contribution in [3.8, 4) is 0 Å². The molecule has 0 aliphatic rings. The number of nitrogens with zero attached hydrogens (tertiary/aromatic N) is 3. The van der Waals surface area contributed by atoms with Crippen LogP contribution in [0.1, 0.15) is 39.7 Å². The van der Waals surface area contributed by atoms with Crippen LogP contribution in [0.5, 0.6) is 0 Å². The molecular weight excluding hydrogens is 240 g/mol. The zero-order valence-corrected chi connectivity index (χ0v) is 12.5. The fourth-order valence-corrected chi connectivity index (χ4v) is 1.67. The van der Waals surface area contributed by atoms with Crippen molar-refractivity contribution in [1.29, 1.82) is 0 Å². The Hall–Kier alpha value is -1.20. The van der Waals surface area contributed by atoms with Crippen LogP contribution in [-0.2, 0) is 6.54 Å². The van der Waals surface area contributed by atoms with Gasteiger partial charge in [-0.2, -0.15) is 0 Å². The van der Waals surface area contributed by atoms with Gasteiger partial charge < -0.3 is 15.3 Å². The highest BCUT2D eigenvalue weighted by Gasteiger charge is 2.10. The minimum absolute atomic E-state index is 0.0871. The molecule has 0 bridgehead atoms. The van der Waals surface area contributed by atoms with Crippen molar-refractivity contribution < 1.29 is 5.11 Å². The van der Waals surface area contributed by atoms with Gasteiger partial charge in [0.1, 0.15) is 0 Å². The molecule has 0 atom stereocenters. The number of hydrogen-bond donors (Lipinski definition) is 2. The van der Waals surface area contributed by atoms with E-state index >= 15 is 0 Å². The molecule has 0 spiro atoms. The van der Waals surface area contributed by atoms with E-state index in [1.54, 1.807) is 0 Å². The second-order valence-electron chi connectivity index (χ2n) is 5.71. The molecule has 0 saturated carbocycles. The van der Waals surface area contributed by atoms with Crippen LogP contribution in [0.4, 0.5) is 5.95 Å². The van der Waals surface area contributed by atoms with Crippen LogP contribution in [0, 0.1) is 0 Å². The third-order valence-corrected chi connectivity index (χ3v) is 2.66. The SMILES string of the molecule is CCCN(CCO)c1ncc(CNC(C)(C)C)cn1. The summed E-state index contributed by atoms with van der Waals surface area (Å²) >= 11 is 0. The van der Waals surface area contributed by atoms with Crippen LogP contribution < -0.4 is 10.2 Å². The maximum atomic E-state index is 9.05. The lowest BCUT2D eigenvalue weighted by Gasteiger charge is -2.22. The molecular formula is C14H26N4O. The van der Waals surface area contributed by atoms with E-state index < -0.39 is 0 Å². The summed E-state index contributed by atoms with van der Waals surface area (Å²) in [6.07, 6.45) is 4.71. The molecule has 0 unspecified atom stereocenters. The normalized spacial score (nSPS) is 11.6. The number of aliphatic hydroxyl groups is 1. The van der Waals surface area contributed by atoms with Crippen LogP contribution in [-0.4, -0.2) is 40.3 Å². The number of hydrogen-bond acceptors (Lipinski definition) is 5. The summed E-state index contributed by atoms with van der Waals surface area (Å²) in [7, 11) is 0. The molecule has 1 aromatic heterocycles. The fraction of sp³-hybridized carbons (Fsp3) is 0.714. The zero-order valence-electron chi connectivity index (χ0n) is 12.5. The van der Waals surface area contributed by atoms with Crippen molar-refractivity contribution in [2.75, 3.05) is 24.6 Å². The van der Waals surface area contributed by atoms with Crippen LogP contribution >= 0.6 is 0 Å². The molecule has 5 nitrogen and oxygen atoms in total. The number of rotatable bonds is 7. The molecule has 0 aliphatic carbocycles. The van der Waals surface area contributed by atoms with Crippen LogP contribution in [0.2, 0.25) is 0 Å². The van der Waals surface area contributed by atoms with Crippen molar-refractivity contribution >= 4 is 5.95 Å². The molecule has 0 saturated heterocycles. The van der Waals surface area contributed by atoms with Gasteiger partial charge in [0.2, 0.25) is 5.95 Å². The van der Waals surface area contributed by atoms with E-state index in [-0.39, 0.29) is 12.1 Å². The third-order valence-electron chi connectivity index (χ3n) is 2.66. The Bertz CT molecular complexity index is 353. The highest BCUT2D eigenvalue weighted by atomic mass is 16.3. The number of anilines is 1.